The summed E-state index contributed by atoms with van der Waals surface area (Å²) >= 11 is 0. The third-order valence-electron chi connectivity index (χ3n) is 3.84. The minimum Gasteiger partial charge on any atom is -0.484 e. The number of carbonyl (C=O) groups is 1. The molecular formula is C16H23NO4S. The minimum absolute atomic E-state index is 0.0469. The minimum atomic E-state index is -3.21. The molecule has 6 heteroatoms. The second-order valence-electron chi connectivity index (χ2n) is 5.79. The highest BCUT2D eigenvalue weighted by Gasteiger charge is 2.15. The molecule has 1 N–H and O–H groups in total. The quantitative estimate of drug-likeness (QED) is 0.843. The molecule has 22 heavy (non-hydrogen) atoms. The molecule has 0 saturated heterocycles. The van der Waals surface area contributed by atoms with Crippen molar-refractivity contribution in [1.82, 2.24) is 5.32 Å². The number of carbonyl (C=O) groups excluding carboxylic acids is 1. The molecule has 0 heterocycles. The summed E-state index contributed by atoms with van der Waals surface area (Å²) in [6, 6.07) is 6.35. The summed E-state index contributed by atoms with van der Waals surface area (Å²) in [5, 5.41) is 3.00. The van der Waals surface area contributed by atoms with E-state index in [1.165, 1.54) is 37.8 Å². The van der Waals surface area contributed by atoms with Gasteiger partial charge in [-0.25, -0.2) is 8.42 Å². The van der Waals surface area contributed by atoms with Crippen molar-refractivity contribution in [2.24, 2.45) is 0 Å². The molecule has 1 aromatic rings. The van der Waals surface area contributed by atoms with Crippen LogP contribution in [0.1, 0.15) is 38.5 Å². The number of benzene rings is 1. The summed E-state index contributed by atoms with van der Waals surface area (Å²) < 4.78 is 28.1. The molecule has 0 bridgehead atoms. The van der Waals surface area contributed by atoms with Gasteiger partial charge >= 0.3 is 0 Å². The van der Waals surface area contributed by atoms with Crippen molar-refractivity contribution in [2.45, 2.75) is 49.5 Å². The first-order valence-corrected chi connectivity index (χ1v) is 9.56. The average Bonchev–Trinajstić information content (AvgIpc) is 2.73. The zero-order valence-electron chi connectivity index (χ0n) is 12.9. The molecule has 1 aliphatic rings. The maximum Gasteiger partial charge on any atom is 0.258 e. The van der Waals surface area contributed by atoms with Crippen LogP contribution < -0.4 is 10.1 Å². The van der Waals surface area contributed by atoms with Gasteiger partial charge in [0.2, 0.25) is 0 Å². The molecule has 5 nitrogen and oxygen atoms in total. The van der Waals surface area contributed by atoms with E-state index in [1.807, 2.05) is 0 Å². The number of rotatable bonds is 5. The maximum absolute atomic E-state index is 11.9. The van der Waals surface area contributed by atoms with Gasteiger partial charge in [-0.3, -0.25) is 4.79 Å². The third kappa shape index (κ3) is 5.33. The van der Waals surface area contributed by atoms with Crippen molar-refractivity contribution in [2.75, 3.05) is 12.9 Å². The SMILES string of the molecule is CS(=O)(=O)c1ccc(OCC(=O)NC2CCCCCC2)cc1. The summed E-state index contributed by atoms with van der Waals surface area (Å²) in [6.45, 7) is -0.0469. The maximum atomic E-state index is 11.9. The molecule has 2 rings (SSSR count). The van der Waals surface area contributed by atoms with E-state index in [0.29, 0.717) is 5.75 Å². The van der Waals surface area contributed by atoms with E-state index in [4.69, 9.17) is 4.74 Å². The fourth-order valence-corrected chi connectivity index (χ4v) is 3.26. The third-order valence-corrected chi connectivity index (χ3v) is 4.97. The van der Waals surface area contributed by atoms with E-state index in [1.54, 1.807) is 12.1 Å². The number of amides is 1. The van der Waals surface area contributed by atoms with Crippen LogP contribution in [0.5, 0.6) is 5.75 Å². The first-order valence-electron chi connectivity index (χ1n) is 7.67. The molecule has 0 atom stereocenters. The predicted octanol–water partition coefficient (Wildman–Crippen LogP) is 2.31. The lowest BCUT2D eigenvalue weighted by molar-refractivity contribution is -0.123. The highest BCUT2D eigenvalue weighted by Crippen LogP contribution is 2.18. The van der Waals surface area contributed by atoms with Crippen LogP contribution in [0.15, 0.2) is 29.2 Å². The molecular weight excluding hydrogens is 302 g/mol. The summed E-state index contributed by atoms with van der Waals surface area (Å²) in [6.07, 6.45) is 8.05. The fraction of sp³-hybridized carbons (Fsp3) is 0.562. The van der Waals surface area contributed by atoms with Crippen LogP contribution >= 0.6 is 0 Å². The van der Waals surface area contributed by atoms with Crippen LogP contribution in [0.2, 0.25) is 0 Å². The van der Waals surface area contributed by atoms with Crippen molar-refractivity contribution in [1.29, 1.82) is 0 Å². The van der Waals surface area contributed by atoms with Crippen molar-refractivity contribution < 1.29 is 17.9 Å². The first kappa shape index (κ1) is 16.8. The van der Waals surface area contributed by atoms with Crippen LogP contribution in [-0.4, -0.2) is 33.2 Å². The molecule has 1 amide bonds. The van der Waals surface area contributed by atoms with Gasteiger partial charge in [-0.1, -0.05) is 25.7 Å². The van der Waals surface area contributed by atoms with Gasteiger partial charge in [-0.15, -0.1) is 0 Å². The summed E-state index contributed by atoms with van der Waals surface area (Å²) in [5.41, 5.74) is 0. The Balaban J connectivity index is 1.80. The van der Waals surface area contributed by atoms with E-state index >= 15 is 0 Å². The molecule has 0 unspecified atom stereocenters. The topological polar surface area (TPSA) is 72.5 Å². The normalized spacial score (nSPS) is 16.8. The largest absolute Gasteiger partial charge is 0.484 e. The van der Waals surface area contributed by atoms with Gasteiger partial charge in [-0.05, 0) is 37.1 Å². The Morgan fingerprint density at radius 3 is 2.27 bits per heavy atom. The number of nitrogens with one attached hydrogen (secondary N) is 1. The average molecular weight is 325 g/mol. The molecule has 1 saturated carbocycles. The van der Waals surface area contributed by atoms with Crippen LogP contribution in [0, 0.1) is 0 Å². The number of hydrogen-bond acceptors (Lipinski definition) is 4. The fourth-order valence-electron chi connectivity index (χ4n) is 2.62. The summed E-state index contributed by atoms with van der Waals surface area (Å²) in [5.74, 6) is 0.363. The monoisotopic (exact) mass is 325 g/mol. The van der Waals surface area contributed by atoms with E-state index < -0.39 is 9.84 Å². The molecule has 122 valence electrons. The second-order valence-corrected chi connectivity index (χ2v) is 7.80. The predicted molar refractivity (Wildman–Crippen MR) is 84.7 cm³/mol. The lowest BCUT2D eigenvalue weighted by atomic mass is 10.1. The van der Waals surface area contributed by atoms with Crippen LogP contribution in [-0.2, 0) is 14.6 Å². The molecule has 1 aromatic carbocycles. The number of sulfone groups is 1. The van der Waals surface area contributed by atoms with Crippen molar-refractivity contribution in [3.8, 4) is 5.75 Å². The smallest absolute Gasteiger partial charge is 0.258 e. The molecule has 1 aliphatic carbocycles. The Morgan fingerprint density at radius 1 is 1.14 bits per heavy atom. The Bertz CT molecular complexity index is 587. The van der Waals surface area contributed by atoms with Crippen molar-refractivity contribution >= 4 is 15.7 Å². The van der Waals surface area contributed by atoms with Gasteiger partial charge in [0.15, 0.2) is 16.4 Å². The van der Waals surface area contributed by atoms with Crippen LogP contribution in [0.3, 0.4) is 0 Å². The highest BCUT2D eigenvalue weighted by atomic mass is 32.2. The van der Waals surface area contributed by atoms with Crippen LogP contribution in [0.4, 0.5) is 0 Å². The Hall–Kier alpha value is -1.56. The second kappa shape index (κ2) is 7.63. The highest BCUT2D eigenvalue weighted by molar-refractivity contribution is 7.90. The molecule has 0 aliphatic heterocycles. The van der Waals surface area contributed by atoms with Gasteiger partial charge in [0.05, 0.1) is 4.90 Å². The molecule has 0 aromatic heterocycles. The standard InChI is InChI=1S/C16H23NO4S/c1-22(19,20)15-10-8-14(9-11-15)21-12-16(18)17-13-6-4-2-3-5-7-13/h8-11,13H,2-7,12H2,1H3,(H,17,18). The lowest BCUT2D eigenvalue weighted by Crippen LogP contribution is -2.37. The Labute approximate surface area is 132 Å². The first-order chi connectivity index (χ1) is 10.4. The van der Waals surface area contributed by atoms with E-state index in [2.05, 4.69) is 5.32 Å². The molecule has 0 radical (unpaired) electrons. The zero-order valence-corrected chi connectivity index (χ0v) is 13.7. The zero-order chi connectivity index (χ0) is 16.0. The summed E-state index contributed by atoms with van der Waals surface area (Å²) in [4.78, 5) is 12.1. The van der Waals surface area contributed by atoms with Gasteiger partial charge in [0.25, 0.3) is 5.91 Å². The number of hydrogen-bond donors (Lipinski definition) is 1. The van der Waals surface area contributed by atoms with Crippen molar-refractivity contribution in [3.05, 3.63) is 24.3 Å². The van der Waals surface area contributed by atoms with Crippen molar-refractivity contribution in [3.63, 3.8) is 0 Å². The lowest BCUT2D eigenvalue weighted by Gasteiger charge is -2.16. The molecule has 1 fully saturated rings. The van der Waals surface area contributed by atoms with E-state index in [0.717, 1.165) is 19.1 Å². The number of ether oxygens (including phenoxy) is 1. The van der Waals surface area contributed by atoms with Gasteiger partial charge in [0.1, 0.15) is 5.75 Å². The van der Waals surface area contributed by atoms with E-state index in [-0.39, 0.29) is 23.5 Å². The van der Waals surface area contributed by atoms with Crippen LogP contribution in [0.25, 0.3) is 0 Å². The van der Waals surface area contributed by atoms with E-state index in [9.17, 15) is 13.2 Å². The summed E-state index contributed by atoms with van der Waals surface area (Å²) in [7, 11) is -3.21. The molecule has 0 spiro atoms. The Kier molecular flexibility index (Phi) is 5.83. The van der Waals surface area contributed by atoms with Gasteiger partial charge in [0, 0.05) is 12.3 Å². The van der Waals surface area contributed by atoms with Gasteiger partial charge in [-0.2, -0.15) is 0 Å². The Morgan fingerprint density at radius 2 is 1.73 bits per heavy atom. The van der Waals surface area contributed by atoms with Gasteiger partial charge < -0.3 is 10.1 Å².